The molecule has 0 saturated carbocycles. The number of carbonyl (C=O) groups excluding carboxylic acids is 1. The number of allylic oxidation sites excluding steroid dienone is 2. The molecule has 6 heteroatoms. The monoisotopic (exact) mass is 277 g/mol. The smallest absolute Gasteiger partial charge is 0.307 e. The molecule has 2 unspecified atom stereocenters. The largest absolute Gasteiger partial charge is 0.481 e. The second kappa shape index (κ2) is 5.90. The number of anilines is 1. The van der Waals surface area contributed by atoms with Gasteiger partial charge in [-0.05, 0) is 26.7 Å². The first-order valence-corrected chi connectivity index (χ1v) is 6.72. The van der Waals surface area contributed by atoms with Gasteiger partial charge < -0.3 is 10.4 Å². The average molecular weight is 277 g/mol. The first kappa shape index (κ1) is 14.3. The fourth-order valence-corrected chi connectivity index (χ4v) is 2.30. The van der Waals surface area contributed by atoms with Gasteiger partial charge in [-0.3, -0.25) is 14.3 Å². The van der Waals surface area contributed by atoms with Crippen molar-refractivity contribution in [1.82, 2.24) is 9.78 Å². The summed E-state index contributed by atoms with van der Waals surface area (Å²) in [4.78, 5) is 23.4. The number of aliphatic carboxylic acids is 1. The number of carboxylic acid groups (broad SMARTS) is 1. The number of aromatic nitrogens is 2. The number of hydrogen-bond donors (Lipinski definition) is 2. The molecule has 108 valence electrons. The van der Waals surface area contributed by atoms with Crippen LogP contribution in [0.3, 0.4) is 0 Å². The Morgan fingerprint density at radius 2 is 2.00 bits per heavy atom. The molecular formula is C14H19N3O3. The SMILES string of the molecule is CC(C)n1cc(NC(=O)C2CC=CCC2C(=O)O)cn1. The molecule has 0 bridgehead atoms. The fourth-order valence-electron chi connectivity index (χ4n) is 2.30. The fraction of sp³-hybridized carbons (Fsp3) is 0.500. The molecule has 6 nitrogen and oxygen atoms in total. The summed E-state index contributed by atoms with van der Waals surface area (Å²) in [6, 6.07) is 0.213. The molecule has 0 radical (unpaired) electrons. The molecule has 0 aromatic carbocycles. The lowest BCUT2D eigenvalue weighted by molar-refractivity contribution is -0.146. The third-order valence-corrected chi connectivity index (χ3v) is 3.48. The van der Waals surface area contributed by atoms with Gasteiger partial charge in [0.2, 0.25) is 5.91 Å². The van der Waals surface area contributed by atoms with Crippen molar-refractivity contribution in [2.24, 2.45) is 11.8 Å². The minimum Gasteiger partial charge on any atom is -0.481 e. The van der Waals surface area contributed by atoms with Crippen LogP contribution in [-0.4, -0.2) is 26.8 Å². The molecule has 1 aliphatic carbocycles. The van der Waals surface area contributed by atoms with Gasteiger partial charge in [0.1, 0.15) is 0 Å². The molecule has 0 spiro atoms. The lowest BCUT2D eigenvalue weighted by atomic mass is 9.82. The molecule has 1 amide bonds. The molecular weight excluding hydrogens is 258 g/mol. The van der Waals surface area contributed by atoms with Crippen LogP contribution in [0.5, 0.6) is 0 Å². The van der Waals surface area contributed by atoms with E-state index in [4.69, 9.17) is 0 Å². The zero-order valence-electron chi connectivity index (χ0n) is 11.6. The molecule has 2 atom stereocenters. The third kappa shape index (κ3) is 3.07. The number of carbonyl (C=O) groups is 2. The normalized spacial score (nSPS) is 21.9. The van der Waals surface area contributed by atoms with E-state index in [1.165, 1.54) is 0 Å². The van der Waals surface area contributed by atoms with Crippen molar-refractivity contribution in [3.05, 3.63) is 24.5 Å². The van der Waals surface area contributed by atoms with Gasteiger partial charge in [-0.25, -0.2) is 0 Å². The van der Waals surface area contributed by atoms with E-state index in [-0.39, 0.29) is 11.9 Å². The van der Waals surface area contributed by atoms with Crippen molar-refractivity contribution < 1.29 is 14.7 Å². The lowest BCUT2D eigenvalue weighted by Crippen LogP contribution is -2.34. The molecule has 20 heavy (non-hydrogen) atoms. The second-order valence-corrected chi connectivity index (χ2v) is 5.29. The van der Waals surface area contributed by atoms with Crippen LogP contribution in [0.15, 0.2) is 24.5 Å². The summed E-state index contributed by atoms with van der Waals surface area (Å²) < 4.78 is 1.74. The minimum atomic E-state index is -0.924. The first-order chi connectivity index (χ1) is 9.49. The van der Waals surface area contributed by atoms with Gasteiger partial charge in [0.05, 0.1) is 23.7 Å². The van der Waals surface area contributed by atoms with Crippen molar-refractivity contribution in [1.29, 1.82) is 0 Å². The molecule has 1 aromatic heterocycles. The van der Waals surface area contributed by atoms with E-state index < -0.39 is 17.8 Å². The standard InChI is InChI=1S/C14H19N3O3/c1-9(2)17-8-10(7-15-17)16-13(18)11-5-3-4-6-12(11)14(19)20/h3-4,7-9,11-12H,5-6H2,1-2H3,(H,16,18)(H,19,20). The summed E-state index contributed by atoms with van der Waals surface area (Å²) >= 11 is 0. The van der Waals surface area contributed by atoms with Crippen LogP contribution in [-0.2, 0) is 9.59 Å². The van der Waals surface area contributed by atoms with E-state index >= 15 is 0 Å². The van der Waals surface area contributed by atoms with Crippen molar-refractivity contribution in [3.8, 4) is 0 Å². The maximum absolute atomic E-state index is 12.2. The molecule has 1 aromatic rings. The van der Waals surface area contributed by atoms with Gasteiger partial charge in [0.15, 0.2) is 0 Å². The van der Waals surface area contributed by atoms with Crippen LogP contribution in [0.4, 0.5) is 5.69 Å². The highest BCUT2D eigenvalue weighted by Crippen LogP contribution is 2.27. The van der Waals surface area contributed by atoms with Crippen LogP contribution >= 0.6 is 0 Å². The molecule has 1 aliphatic rings. The van der Waals surface area contributed by atoms with Crippen molar-refractivity contribution >= 4 is 17.6 Å². The quantitative estimate of drug-likeness (QED) is 0.825. The number of hydrogen-bond acceptors (Lipinski definition) is 3. The Bertz CT molecular complexity index is 534. The lowest BCUT2D eigenvalue weighted by Gasteiger charge is -2.23. The zero-order valence-corrected chi connectivity index (χ0v) is 11.6. The highest BCUT2D eigenvalue weighted by molar-refractivity contribution is 5.95. The van der Waals surface area contributed by atoms with E-state index in [9.17, 15) is 14.7 Å². The summed E-state index contributed by atoms with van der Waals surface area (Å²) in [5, 5.41) is 16.1. The molecule has 2 N–H and O–H groups in total. The van der Waals surface area contributed by atoms with Gasteiger partial charge in [-0.15, -0.1) is 0 Å². The number of amides is 1. The van der Waals surface area contributed by atoms with Crippen molar-refractivity contribution in [2.75, 3.05) is 5.32 Å². The Hall–Kier alpha value is -2.11. The number of nitrogens with one attached hydrogen (secondary N) is 1. The summed E-state index contributed by atoms with van der Waals surface area (Å²) in [5.41, 5.74) is 0.599. The van der Waals surface area contributed by atoms with E-state index in [1.54, 1.807) is 17.1 Å². The van der Waals surface area contributed by atoms with Gasteiger partial charge in [-0.2, -0.15) is 5.10 Å². The van der Waals surface area contributed by atoms with Gasteiger partial charge >= 0.3 is 5.97 Å². The Kier molecular flexibility index (Phi) is 4.22. The highest BCUT2D eigenvalue weighted by Gasteiger charge is 2.34. The van der Waals surface area contributed by atoms with E-state index in [0.717, 1.165) is 0 Å². The zero-order chi connectivity index (χ0) is 14.7. The molecule has 0 aliphatic heterocycles. The van der Waals surface area contributed by atoms with Crippen LogP contribution in [0.1, 0.15) is 32.7 Å². The Labute approximate surface area is 117 Å². The average Bonchev–Trinajstić information content (AvgIpc) is 2.87. The molecule has 2 rings (SSSR count). The maximum Gasteiger partial charge on any atom is 0.307 e. The Morgan fingerprint density at radius 3 is 2.55 bits per heavy atom. The second-order valence-electron chi connectivity index (χ2n) is 5.29. The van der Waals surface area contributed by atoms with Gasteiger partial charge in [0.25, 0.3) is 0 Å². The Morgan fingerprint density at radius 1 is 1.35 bits per heavy atom. The third-order valence-electron chi connectivity index (χ3n) is 3.48. The maximum atomic E-state index is 12.2. The number of nitrogens with zero attached hydrogens (tertiary/aromatic N) is 2. The number of carboxylic acids is 1. The predicted octanol–water partition coefficient (Wildman–Crippen LogP) is 2.07. The van der Waals surface area contributed by atoms with Crippen molar-refractivity contribution in [3.63, 3.8) is 0 Å². The van der Waals surface area contributed by atoms with Crippen LogP contribution in [0.25, 0.3) is 0 Å². The molecule has 0 saturated heterocycles. The predicted molar refractivity (Wildman–Crippen MR) is 74.2 cm³/mol. The number of rotatable bonds is 4. The topological polar surface area (TPSA) is 84.2 Å². The van der Waals surface area contributed by atoms with Crippen LogP contribution in [0.2, 0.25) is 0 Å². The molecule has 1 heterocycles. The van der Waals surface area contributed by atoms with E-state index in [0.29, 0.717) is 18.5 Å². The van der Waals surface area contributed by atoms with Crippen molar-refractivity contribution in [2.45, 2.75) is 32.7 Å². The highest BCUT2D eigenvalue weighted by atomic mass is 16.4. The van der Waals surface area contributed by atoms with Crippen LogP contribution in [0, 0.1) is 11.8 Å². The Balaban J connectivity index is 2.06. The summed E-state index contributed by atoms with van der Waals surface area (Å²) in [6.45, 7) is 3.98. The summed E-state index contributed by atoms with van der Waals surface area (Å²) in [7, 11) is 0. The van der Waals surface area contributed by atoms with Gasteiger partial charge in [-0.1, -0.05) is 12.2 Å². The minimum absolute atomic E-state index is 0.213. The van der Waals surface area contributed by atoms with Gasteiger partial charge in [0, 0.05) is 12.2 Å². The summed E-state index contributed by atoms with van der Waals surface area (Å²) in [6.07, 6.45) is 7.86. The molecule has 0 fully saturated rings. The van der Waals surface area contributed by atoms with E-state index in [1.807, 2.05) is 26.0 Å². The first-order valence-electron chi connectivity index (χ1n) is 6.72. The van der Waals surface area contributed by atoms with Crippen LogP contribution < -0.4 is 5.32 Å². The van der Waals surface area contributed by atoms with E-state index in [2.05, 4.69) is 10.4 Å². The summed E-state index contributed by atoms with van der Waals surface area (Å²) in [5.74, 6) is -2.36.